The van der Waals surface area contributed by atoms with Gasteiger partial charge in [-0.2, -0.15) is 0 Å². The number of benzene rings is 2. The number of hydrogen-bond acceptors (Lipinski definition) is 5. The molecule has 0 aliphatic heterocycles. The fraction of sp³-hybridized carbons (Fsp3) is 0.176. The second-order valence-corrected chi connectivity index (χ2v) is 5.34. The zero-order valence-corrected chi connectivity index (χ0v) is 12.7. The van der Waals surface area contributed by atoms with Crippen molar-refractivity contribution in [2.75, 3.05) is 0 Å². The van der Waals surface area contributed by atoms with Crippen LogP contribution in [0.5, 0.6) is 11.5 Å². The highest BCUT2D eigenvalue weighted by Crippen LogP contribution is 2.16. The van der Waals surface area contributed by atoms with Crippen molar-refractivity contribution in [2.24, 2.45) is 5.73 Å². The number of amides is 1. The SMILES string of the molecule is NC(C(=O)N[C@@H](Cc1ccc(O)cc1)C(=O)O)c1ccc(O)cc1. The molecule has 126 valence electrons. The zero-order chi connectivity index (χ0) is 17.7. The molecule has 2 rings (SSSR count). The Morgan fingerprint density at radius 3 is 1.96 bits per heavy atom. The number of phenolic OH excluding ortho intramolecular Hbond substituents is 2. The quantitative estimate of drug-likeness (QED) is 0.535. The number of nitrogens with one attached hydrogen (secondary N) is 1. The average molecular weight is 330 g/mol. The van der Waals surface area contributed by atoms with Gasteiger partial charge in [0.25, 0.3) is 0 Å². The van der Waals surface area contributed by atoms with Crippen LogP contribution in [-0.4, -0.2) is 33.2 Å². The Kier molecular flexibility index (Phi) is 5.39. The maximum absolute atomic E-state index is 12.2. The molecule has 0 aromatic heterocycles. The van der Waals surface area contributed by atoms with Crippen LogP contribution in [0.3, 0.4) is 0 Å². The highest BCUT2D eigenvalue weighted by atomic mass is 16.4. The molecule has 1 unspecified atom stereocenters. The van der Waals surface area contributed by atoms with Crippen molar-refractivity contribution >= 4 is 11.9 Å². The lowest BCUT2D eigenvalue weighted by Crippen LogP contribution is -2.46. The van der Waals surface area contributed by atoms with E-state index in [4.69, 9.17) is 5.73 Å². The van der Waals surface area contributed by atoms with Crippen molar-refractivity contribution < 1.29 is 24.9 Å². The van der Waals surface area contributed by atoms with Gasteiger partial charge in [-0.3, -0.25) is 4.79 Å². The smallest absolute Gasteiger partial charge is 0.326 e. The topological polar surface area (TPSA) is 133 Å². The van der Waals surface area contributed by atoms with Crippen molar-refractivity contribution in [3.8, 4) is 11.5 Å². The molecule has 1 amide bonds. The lowest BCUT2D eigenvalue weighted by atomic mass is 10.0. The molecule has 7 heteroatoms. The van der Waals surface area contributed by atoms with Crippen LogP contribution in [-0.2, 0) is 16.0 Å². The van der Waals surface area contributed by atoms with Crippen LogP contribution in [0.4, 0.5) is 0 Å². The van der Waals surface area contributed by atoms with Gasteiger partial charge in [-0.25, -0.2) is 4.79 Å². The van der Waals surface area contributed by atoms with E-state index in [0.29, 0.717) is 11.1 Å². The highest BCUT2D eigenvalue weighted by molar-refractivity contribution is 5.87. The summed E-state index contributed by atoms with van der Waals surface area (Å²) >= 11 is 0. The Morgan fingerprint density at radius 1 is 0.958 bits per heavy atom. The maximum atomic E-state index is 12.2. The summed E-state index contributed by atoms with van der Waals surface area (Å²) in [5, 5.41) is 30.2. The molecule has 2 atom stereocenters. The molecule has 24 heavy (non-hydrogen) atoms. The first-order valence-electron chi connectivity index (χ1n) is 7.22. The summed E-state index contributed by atoms with van der Waals surface area (Å²) in [6.07, 6.45) is 0.0592. The van der Waals surface area contributed by atoms with Crippen molar-refractivity contribution in [3.63, 3.8) is 0 Å². The van der Waals surface area contributed by atoms with Crippen molar-refractivity contribution in [2.45, 2.75) is 18.5 Å². The number of aliphatic carboxylic acids is 1. The van der Waals surface area contributed by atoms with E-state index in [1.807, 2.05) is 0 Å². The molecule has 0 heterocycles. The van der Waals surface area contributed by atoms with Gasteiger partial charge in [0.05, 0.1) is 0 Å². The summed E-state index contributed by atoms with van der Waals surface area (Å²) < 4.78 is 0. The number of rotatable bonds is 6. The van der Waals surface area contributed by atoms with Gasteiger partial charge < -0.3 is 26.4 Å². The molecule has 0 aliphatic carbocycles. The van der Waals surface area contributed by atoms with Crippen LogP contribution in [0, 0.1) is 0 Å². The summed E-state index contributed by atoms with van der Waals surface area (Å²) in [4.78, 5) is 23.6. The van der Waals surface area contributed by atoms with E-state index in [1.54, 1.807) is 12.1 Å². The van der Waals surface area contributed by atoms with Gasteiger partial charge in [-0.05, 0) is 35.4 Å². The number of aromatic hydroxyl groups is 2. The fourth-order valence-electron chi connectivity index (χ4n) is 2.16. The number of hydrogen-bond donors (Lipinski definition) is 5. The average Bonchev–Trinajstić information content (AvgIpc) is 2.56. The minimum atomic E-state index is -1.19. The van der Waals surface area contributed by atoms with E-state index in [2.05, 4.69) is 5.32 Å². The predicted octanol–water partition coefficient (Wildman–Crippen LogP) is 0.910. The molecule has 0 aliphatic rings. The maximum Gasteiger partial charge on any atom is 0.326 e. The number of carbonyl (C=O) groups excluding carboxylic acids is 1. The number of carboxylic acids is 1. The van der Waals surface area contributed by atoms with E-state index in [1.165, 1.54) is 36.4 Å². The summed E-state index contributed by atoms with van der Waals surface area (Å²) in [6, 6.07) is 9.63. The van der Waals surface area contributed by atoms with Gasteiger partial charge in [0, 0.05) is 6.42 Å². The molecular formula is C17H18N2O5. The molecule has 0 saturated carbocycles. The monoisotopic (exact) mass is 330 g/mol. The first-order chi connectivity index (χ1) is 11.4. The second-order valence-electron chi connectivity index (χ2n) is 5.34. The second kappa shape index (κ2) is 7.47. The van der Waals surface area contributed by atoms with Crippen LogP contribution in [0.2, 0.25) is 0 Å². The van der Waals surface area contributed by atoms with E-state index < -0.39 is 24.0 Å². The van der Waals surface area contributed by atoms with E-state index in [-0.39, 0.29) is 17.9 Å². The molecule has 7 nitrogen and oxygen atoms in total. The Labute approximate surface area is 138 Å². The van der Waals surface area contributed by atoms with Gasteiger partial charge in [0.2, 0.25) is 5.91 Å². The van der Waals surface area contributed by atoms with Gasteiger partial charge in [0.1, 0.15) is 23.6 Å². The molecule has 0 radical (unpaired) electrons. The summed E-state index contributed by atoms with van der Waals surface area (Å²) in [6.45, 7) is 0. The van der Waals surface area contributed by atoms with Crippen LogP contribution in [0.15, 0.2) is 48.5 Å². The molecule has 0 bridgehead atoms. The fourth-order valence-corrected chi connectivity index (χ4v) is 2.16. The number of phenols is 2. The van der Waals surface area contributed by atoms with Gasteiger partial charge in [0.15, 0.2) is 0 Å². The normalized spacial score (nSPS) is 13.0. The summed E-state index contributed by atoms with van der Waals surface area (Å²) in [5.74, 6) is -1.70. The number of carbonyl (C=O) groups is 2. The molecule has 2 aromatic carbocycles. The predicted molar refractivity (Wildman–Crippen MR) is 86.4 cm³/mol. The Hall–Kier alpha value is -3.06. The minimum absolute atomic E-state index is 0.0436. The van der Waals surface area contributed by atoms with Gasteiger partial charge in [-0.1, -0.05) is 24.3 Å². The minimum Gasteiger partial charge on any atom is -0.508 e. The Balaban J connectivity index is 2.06. The third-order valence-electron chi connectivity index (χ3n) is 3.53. The van der Waals surface area contributed by atoms with Crippen LogP contribution >= 0.6 is 0 Å². The standard InChI is InChI=1S/C17H18N2O5/c18-15(11-3-7-13(21)8-4-11)16(22)19-14(17(23)24)9-10-1-5-12(20)6-2-10/h1-8,14-15,20-21H,9,18H2,(H,19,22)(H,23,24)/t14-,15?/m0/s1. The zero-order valence-electron chi connectivity index (χ0n) is 12.7. The first kappa shape index (κ1) is 17.3. The molecule has 2 aromatic rings. The van der Waals surface area contributed by atoms with E-state index in [9.17, 15) is 24.9 Å². The third kappa shape index (κ3) is 4.47. The Morgan fingerprint density at radius 2 is 1.46 bits per heavy atom. The van der Waals surface area contributed by atoms with Gasteiger partial charge >= 0.3 is 5.97 Å². The van der Waals surface area contributed by atoms with Crippen LogP contribution in [0.25, 0.3) is 0 Å². The molecule has 0 saturated heterocycles. The molecular weight excluding hydrogens is 312 g/mol. The van der Waals surface area contributed by atoms with Crippen molar-refractivity contribution in [1.29, 1.82) is 0 Å². The van der Waals surface area contributed by atoms with E-state index in [0.717, 1.165) is 0 Å². The van der Waals surface area contributed by atoms with E-state index >= 15 is 0 Å². The number of nitrogens with two attached hydrogens (primary N) is 1. The lowest BCUT2D eigenvalue weighted by molar-refractivity contribution is -0.142. The molecule has 6 N–H and O–H groups in total. The van der Waals surface area contributed by atoms with Crippen molar-refractivity contribution in [3.05, 3.63) is 59.7 Å². The molecule has 0 spiro atoms. The lowest BCUT2D eigenvalue weighted by Gasteiger charge is -2.18. The first-order valence-corrected chi connectivity index (χ1v) is 7.22. The highest BCUT2D eigenvalue weighted by Gasteiger charge is 2.24. The molecule has 0 fully saturated rings. The largest absolute Gasteiger partial charge is 0.508 e. The van der Waals surface area contributed by atoms with Crippen LogP contribution in [0.1, 0.15) is 17.2 Å². The van der Waals surface area contributed by atoms with Crippen LogP contribution < -0.4 is 11.1 Å². The van der Waals surface area contributed by atoms with Gasteiger partial charge in [-0.15, -0.1) is 0 Å². The summed E-state index contributed by atoms with van der Waals surface area (Å²) in [7, 11) is 0. The Bertz CT molecular complexity index is 713. The summed E-state index contributed by atoms with van der Waals surface area (Å²) in [5.41, 5.74) is 6.94. The third-order valence-corrected chi connectivity index (χ3v) is 3.53. The van der Waals surface area contributed by atoms with Crippen molar-refractivity contribution in [1.82, 2.24) is 5.32 Å². The number of carboxylic acid groups (broad SMARTS) is 1.